The molecule has 0 aromatic carbocycles. The van der Waals surface area contributed by atoms with Gasteiger partial charge in [-0.05, 0) is 6.92 Å². The molecular formula is C8H16N4O2. The van der Waals surface area contributed by atoms with Crippen molar-refractivity contribution < 1.29 is 10.2 Å². The van der Waals surface area contributed by atoms with Crippen LogP contribution in [0.1, 0.15) is 12.6 Å². The minimum Gasteiger partial charge on any atom is -0.393 e. The predicted molar refractivity (Wildman–Crippen MR) is 50.4 cm³/mol. The topological polar surface area (TPSA) is 83.2 Å². The molecule has 1 rings (SSSR count). The number of aliphatic hydroxyl groups excluding tert-OH is 1. The lowest BCUT2D eigenvalue weighted by Gasteiger charge is -2.20. The van der Waals surface area contributed by atoms with E-state index in [-0.39, 0.29) is 6.61 Å². The molecule has 0 aliphatic carbocycles. The van der Waals surface area contributed by atoms with Crippen molar-refractivity contribution in [1.82, 2.24) is 20.3 Å². The molecule has 0 aliphatic rings. The summed E-state index contributed by atoms with van der Waals surface area (Å²) in [5.41, 5.74) is -0.274. The normalized spacial score (nSPS) is 15.4. The van der Waals surface area contributed by atoms with E-state index in [4.69, 9.17) is 5.11 Å². The summed E-state index contributed by atoms with van der Waals surface area (Å²) in [7, 11) is 1.79. The molecule has 0 saturated carbocycles. The quantitative estimate of drug-likeness (QED) is 0.547. The van der Waals surface area contributed by atoms with E-state index in [1.165, 1.54) is 0 Å². The van der Waals surface area contributed by atoms with Gasteiger partial charge in [-0.15, -0.1) is 5.10 Å². The minimum atomic E-state index is -1.08. The van der Waals surface area contributed by atoms with E-state index in [0.717, 1.165) is 5.69 Å². The van der Waals surface area contributed by atoms with E-state index >= 15 is 0 Å². The summed E-state index contributed by atoms with van der Waals surface area (Å²) in [6.07, 6.45) is 1.79. The van der Waals surface area contributed by atoms with Gasteiger partial charge in [-0.25, -0.2) is 0 Å². The highest BCUT2D eigenvalue weighted by molar-refractivity contribution is 4.91. The van der Waals surface area contributed by atoms with Gasteiger partial charge in [0.15, 0.2) is 0 Å². The van der Waals surface area contributed by atoms with Gasteiger partial charge in [0.1, 0.15) is 0 Å². The maximum Gasteiger partial charge on any atom is 0.0972 e. The molecule has 0 radical (unpaired) electrons. The van der Waals surface area contributed by atoms with Gasteiger partial charge in [0.05, 0.1) is 17.9 Å². The van der Waals surface area contributed by atoms with Gasteiger partial charge in [-0.2, -0.15) is 0 Å². The summed E-state index contributed by atoms with van der Waals surface area (Å²) in [5, 5.41) is 28.8. The largest absolute Gasteiger partial charge is 0.393 e. The van der Waals surface area contributed by atoms with Crippen LogP contribution in [0.2, 0.25) is 0 Å². The molecule has 0 bridgehead atoms. The highest BCUT2D eigenvalue weighted by Gasteiger charge is 2.17. The van der Waals surface area contributed by atoms with Gasteiger partial charge in [0.2, 0.25) is 0 Å². The molecule has 1 aromatic heterocycles. The van der Waals surface area contributed by atoms with E-state index < -0.39 is 5.60 Å². The van der Waals surface area contributed by atoms with Crippen molar-refractivity contribution in [3.63, 3.8) is 0 Å². The van der Waals surface area contributed by atoms with Crippen molar-refractivity contribution in [2.75, 3.05) is 13.2 Å². The van der Waals surface area contributed by atoms with Crippen LogP contribution in [-0.4, -0.2) is 44.0 Å². The van der Waals surface area contributed by atoms with Crippen LogP contribution in [0.15, 0.2) is 6.20 Å². The lowest BCUT2D eigenvalue weighted by molar-refractivity contribution is 0.00248. The Morgan fingerprint density at radius 2 is 2.36 bits per heavy atom. The van der Waals surface area contributed by atoms with Crippen LogP contribution in [0.5, 0.6) is 0 Å². The number of aliphatic hydroxyl groups is 2. The van der Waals surface area contributed by atoms with Crippen LogP contribution >= 0.6 is 0 Å². The lowest BCUT2D eigenvalue weighted by atomic mass is 10.1. The second kappa shape index (κ2) is 4.50. The maximum atomic E-state index is 9.45. The summed E-state index contributed by atoms with van der Waals surface area (Å²) in [4.78, 5) is 0. The Morgan fingerprint density at radius 3 is 2.86 bits per heavy atom. The van der Waals surface area contributed by atoms with Crippen LogP contribution in [0.3, 0.4) is 0 Å². The second-order valence-corrected chi connectivity index (χ2v) is 3.64. The van der Waals surface area contributed by atoms with Crippen LogP contribution in [0.25, 0.3) is 0 Å². The molecule has 1 aromatic rings. The Labute approximate surface area is 82.6 Å². The molecule has 80 valence electrons. The third-order valence-corrected chi connectivity index (χ3v) is 1.80. The first-order valence-corrected chi connectivity index (χ1v) is 4.43. The minimum absolute atomic E-state index is 0.263. The van der Waals surface area contributed by atoms with Crippen LogP contribution in [-0.2, 0) is 13.6 Å². The summed E-state index contributed by atoms with van der Waals surface area (Å²) >= 11 is 0. The summed E-state index contributed by atoms with van der Waals surface area (Å²) in [5.74, 6) is 0. The summed E-state index contributed by atoms with van der Waals surface area (Å²) in [6, 6.07) is 0. The zero-order valence-electron chi connectivity index (χ0n) is 8.43. The molecule has 0 fully saturated rings. The molecule has 6 nitrogen and oxygen atoms in total. The van der Waals surface area contributed by atoms with Crippen LogP contribution in [0.4, 0.5) is 0 Å². The standard InChI is InChI=1S/C8H16N4O2/c1-8(14,6-13)5-9-3-7-4-12(2)11-10-7/h4,9,13-14H,3,5-6H2,1-2H3. The fraction of sp³-hybridized carbons (Fsp3) is 0.750. The SMILES string of the molecule is Cn1cc(CNCC(C)(O)CO)nn1. The fourth-order valence-corrected chi connectivity index (χ4v) is 0.992. The highest BCUT2D eigenvalue weighted by atomic mass is 16.3. The number of nitrogens with zero attached hydrogens (tertiary/aromatic N) is 3. The molecule has 0 saturated heterocycles. The monoisotopic (exact) mass is 200 g/mol. The van der Waals surface area contributed by atoms with Gasteiger partial charge < -0.3 is 15.5 Å². The molecule has 0 aliphatic heterocycles. The van der Waals surface area contributed by atoms with E-state index in [0.29, 0.717) is 13.1 Å². The Morgan fingerprint density at radius 1 is 1.64 bits per heavy atom. The van der Waals surface area contributed by atoms with Gasteiger partial charge in [0, 0.05) is 26.3 Å². The first-order valence-electron chi connectivity index (χ1n) is 4.43. The van der Waals surface area contributed by atoms with Crippen LogP contribution in [0, 0.1) is 0 Å². The zero-order valence-corrected chi connectivity index (χ0v) is 8.43. The van der Waals surface area contributed by atoms with Crippen molar-refractivity contribution >= 4 is 0 Å². The molecule has 1 heterocycles. The third-order valence-electron chi connectivity index (χ3n) is 1.80. The van der Waals surface area contributed by atoms with E-state index in [2.05, 4.69) is 15.6 Å². The number of aryl methyl sites for hydroxylation is 1. The van der Waals surface area contributed by atoms with Crippen molar-refractivity contribution in [3.8, 4) is 0 Å². The van der Waals surface area contributed by atoms with Crippen molar-refractivity contribution in [1.29, 1.82) is 0 Å². The van der Waals surface area contributed by atoms with Crippen molar-refractivity contribution in [2.24, 2.45) is 7.05 Å². The van der Waals surface area contributed by atoms with Crippen LogP contribution < -0.4 is 5.32 Å². The van der Waals surface area contributed by atoms with Crippen molar-refractivity contribution in [3.05, 3.63) is 11.9 Å². The smallest absolute Gasteiger partial charge is 0.0972 e. The maximum absolute atomic E-state index is 9.45. The molecule has 0 amide bonds. The average molecular weight is 200 g/mol. The van der Waals surface area contributed by atoms with E-state index in [9.17, 15) is 5.11 Å². The van der Waals surface area contributed by atoms with E-state index in [1.54, 1.807) is 24.9 Å². The average Bonchev–Trinajstić information content (AvgIpc) is 2.51. The molecule has 0 spiro atoms. The van der Waals surface area contributed by atoms with Crippen molar-refractivity contribution in [2.45, 2.75) is 19.1 Å². The van der Waals surface area contributed by atoms with Gasteiger partial charge in [0.25, 0.3) is 0 Å². The Hall–Kier alpha value is -0.980. The first kappa shape index (κ1) is 11.1. The molecule has 6 heteroatoms. The Balaban J connectivity index is 2.28. The van der Waals surface area contributed by atoms with Gasteiger partial charge in [-0.3, -0.25) is 4.68 Å². The number of rotatable bonds is 5. The lowest BCUT2D eigenvalue weighted by Crippen LogP contribution is -2.40. The van der Waals surface area contributed by atoms with E-state index in [1.807, 2.05) is 0 Å². The predicted octanol–water partition coefficient (Wildman–Crippen LogP) is -1.35. The summed E-state index contributed by atoms with van der Waals surface area (Å²) < 4.78 is 1.61. The van der Waals surface area contributed by atoms with Gasteiger partial charge >= 0.3 is 0 Å². The highest BCUT2D eigenvalue weighted by Crippen LogP contribution is 1.99. The Kier molecular flexibility index (Phi) is 3.56. The number of hydrogen-bond donors (Lipinski definition) is 3. The van der Waals surface area contributed by atoms with Gasteiger partial charge in [-0.1, -0.05) is 5.21 Å². The molecule has 3 N–H and O–H groups in total. The third kappa shape index (κ3) is 3.41. The number of aromatic nitrogens is 3. The second-order valence-electron chi connectivity index (χ2n) is 3.64. The zero-order chi connectivity index (χ0) is 10.6. The fourth-order valence-electron chi connectivity index (χ4n) is 0.992. The number of nitrogens with one attached hydrogen (secondary N) is 1. The first-order chi connectivity index (χ1) is 6.53. The molecule has 1 atom stereocenters. The molecule has 14 heavy (non-hydrogen) atoms. The molecule has 1 unspecified atom stereocenters. The molecular weight excluding hydrogens is 184 g/mol. The Bertz CT molecular complexity index is 285. The summed E-state index contributed by atoms with van der Waals surface area (Å²) in [6.45, 7) is 2.15. The number of hydrogen-bond acceptors (Lipinski definition) is 5.